The monoisotopic (exact) mass is 545 g/mol. The Morgan fingerprint density at radius 3 is 2.52 bits per heavy atom. The number of likely N-dealkylation sites (tertiary alicyclic amines) is 1. The SMILES string of the molecule is CCCNC(=O)[C@H]1[C@H]2C(=O)N([C@@H](CO)CC(C)C)C(C(=O)NC(C)CCC)C23CC(Br)[C@@H]1S3. The second-order valence-corrected chi connectivity index (χ2v) is 13.1. The van der Waals surface area contributed by atoms with Crippen LogP contribution >= 0.6 is 27.7 Å². The van der Waals surface area contributed by atoms with Crippen molar-refractivity contribution < 1.29 is 19.5 Å². The number of fused-ring (bicyclic) bond motifs is 1. The lowest BCUT2D eigenvalue weighted by atomic mass is 9.70. The number of amides is 3. The van der Waals surface area contributed by atoms with Gasteiger partial charge in [-0.15, -0.1) is 11.8 Å². The third kappa shape index (κ3) is 4.83. The van der Waals surface area contributed by atoms with Crippen LogP contribution in [0.25, 0.3) is 0 Å². The molecule has 9 heteroatoms. The number of aliphatic hydroxyl groups excluding tert-OH is 1. The topological polar surface area (TPSA) is 98.7 Å². The van der Waals surface area contributed by atoms with Gasteiger partial charge in [0.25, 0.3) is 0 Å². The largest absolute Gasteiger partial charge is 0.394 e. The number of hydrogen-bond donors (Lipinski definition) is 3. The maximum atomic E-state index is 14.0. The van der Waals surface area contributed by atoms with Crippen molar-refractivity contribution in [3.05, 3.63) is 0 Å². The maximum absolute atomic E-state index is 14.0. The third-order valence-electron chi connectivity index (χ3n) is 7.29. The van der Waals surface area contributed by atoms with E-state index in [1.54, 1.807) is 16.7 Å². The van der Waals surface area contributed by atoms with Gasteiger partial charge in [-0.25, -0.2) is 0 Å². The Morgan fingerprint density at radius 2 is 1.94 bits per heavy atom. The average molecular weight is 547 g/mol. The summed E-state index contributed by atoms with van der Waals surface area (Å²) in [6.07, 6.45) is 3.90. The van der Waals surface area contributed by atoms with Crippen LogP contribution < -0.4 is 10.6 Å². The number of alkyl halides is 1. The number of nitrogens with one attached hydrogen (secondary N) is 2. The van der Waals surface area contributed by atoms with Gasteiger partial charge < -0.3 is 20.6 Å². The highest BCUT2D eigenvalue weighted by molar-refractivity contribution is 9.09. The highest BCUT2D eigenvalue weighted by Crippen LogP contribution is 2.68. The standard InChI is InChI=1S/C24H40BrN3O4S/c1-6-8-14(5)27-22(31)20-24-11-16(25)19(33-24)17(21(30)26-9-7-2)18(24)23(32)28(20)15(12-29)10-13(3)4/h13-20,29H,6-12H2,1-5H3,(H,26,30)(H,27,31)/t14?,15-,16?,17+,18+,19+,20?,24?/m1/s1. The molecule has 3 aliphatic rings. The first-order chi connectivity index (χ1) is 15.6. The van der Waals surface area contributed by atoms with Gasteiger partial charge in [-0.1, -0.05) is 50.0 Å². The molecule has 3 N–H and O–H groups in total. The number of halogens is 1. The van der Waals surface area contributed by atoms with Gasteiger partial charge in [0.05, 0.1) is 29.2 Å². The summed E-state index contributed by atoms with van der Waals surface area (Å²) in [5.41, 5.74) is 0. The highest BCUT2D eigenvalue weighted by atomic mass is 79.9. The van der Waals surface area contributed by atoms with E-state index in [9.17, 15) is 19.5 Å². The van der Waals surface area contributed by atoms with Gasteiger partial charge in [-0.05, 0) is 38.5 Å². The molecule has 7 nitrogen and oxygen atoms in total. The minimum absolute atomic E-state index is 0.000373. The molecule has 0 aromatic heterocycles. The molecule has 3 amide bonds. The minimum Gasteiger partial charge on any atom is -0.394 e. The van der Waals surface area contributed by atoms with Crippen molar-refractivity contribution in [3.63, 3.8) is 0 Å². The Morgan fingerprint density at radius 1 is 1.24 bits per heavy atom. The van der Waals surface area contributed by atoms with Crippen molar-refractivity contribution in [2.45, 2.75) is 99.7 Å². The van der Waals surface area contributed by atoms with Gasteiger partial charge in [-0.2, -0.15) is 0 Å². The van der Waals surface area contributed by atoms with Crippen molar-refractivity contribution in [2.75, 3.05) is 13.2 Å². The molecule has 188 valence electrons. The molecule has 3 aliphatic heterocycles. The molecule has 3 heterocycles. The summed E-state index contributed by atoms with van der Waals surface area (Å²) in [5.74, 6) is -1.16. The Bertz CT molecular complexity index is 753. The van der Waals surface area contributed by atoms with E-state index < -0.39 is 28.7 Å². The van der Waals surface area contributed by atoms with Crippen LogP contribution in [-0.2, 0) is 14.4 Å². The zero-order valence-corrected chi connectivity index (χ0v) is 22.9. The summed E-state index contributed by atoms with van der Waals surface area (Å²) in [5, 5.41) is 16.4. The number of rotatable bonds is 11. The lowest BCUT2D eigenvalue weighted by Crippen LogP contribution is -2.58. The molecule has 0 aromatic carbocycles. The number of hydrogen-bond acceptors (Lipinski definition) is 5. The fraction of sp³-hybridized carbons (Fsp3) is 0.875. The Kier molecular flexibility index (Phi) is 8.82. The molecule has 0 aromatic rings. The first kappa shape index (κ1) is 26.8. The van der Waals surface area contributed by atoms with Crippen LogP contribution in [-0.4, -0.2) is 73.8 Å². The van der Waals surface area contributed by atoms with E-state index in [2.05, 4.69) is 47.3 Å². The van der Waals surface area contributed by atoms with E-state index >= 15 is 0 Å². The molecule has 3 fully saturated rings. The average Bonchev–Trinajstić information content (AvgIpc) is 3.33. The maximum Gasteiger partial charge on any atom is 0.244 e. The molecule has 2 bridgehead atoms. The fourth-order valence-electron chi connectivity index (χ4n) is 6.07. The minimum atomic E-state index is -0.691. The van der Waals surface area contributed by atoms with Crippen molar-refractivity contribution in [2.24, 2.45) is 17.8 Å². The fourth-order valence-corrected chi connectivity index (χ4v) is 9.67. The zero-order valence-electron chi connectivity index (χ0n) is 20.5. The molecule has 0 saturated carbocycles. The summed E-state index contributed by atoms with van der Waals surface area (Å²) in [6, 6.07) is -1.13. The van der Waals surface area contributed by atoms with E-state index in [0.717, 1.165) is 19.3 Å². The van der Waals surface area contributed by atoms with Crippen LogP contribution in [0.1, 0.15) is 66.7 Å². The summed E-state index contributed by atoms with van der Waals surface area (Å²) in [6.45, 7) is 10.6. The zero-order chi connectivity index (χ0) is 24.5. The number of nitrogens with zero attached hydrogens (tertiary/aromatic N) is 1. The number of aliphatic hydroxyl groups is 1. The van der Waals surface area contributed by atoms with Gasteiger partial charge >= 0.3 is 0 Å². The van der Waals surface area contributed by atoms with Crippen LogP contribution in [0.5, 0.6) is 0 Å². The second kappa shape index (κ2) is 10.9. The molecule has 33 heavy (non-hydrogen) atoms. The van der Waals surface area contributed by atoms with Gasteiger partial charge in [-0.3, -0.25) is 14.4 Å². The van der Waals surface area contributed by atoms with E-state index in [4.69, 9.17) is 0 Å². The van der Waals surface area contributed by atoms with Crippen LogP contribution in [0.3, 0.4) is 0 Å². The first-order valence-corrected chi connectivity index (χ1v) is 14.2. The summed E-state index contributed by atoms with van der Waals surface area (Å²) >= 11 is 5.42. The number of carbonyl (C=O) groups excluding carboxylic acids is 3. The third-order valence-corrected chi connectivity index (χ3v) is 10.5. The molecule has 3 saturated heterocycles. The van der Waals surface area contributed by atoms with Crippen LogP contribution in [0.4, 0.5) is 0 Å². The molecule has 1 spiro atoms. The Labute approximate surface area is 210 Å². The molecule has 0 radical (unpaired) electrons. The Hall–Kier alpha value is -0.800. The summed E-state index contributed by atoms with van der Waals surface area (Å²) in [4.78, 5) is 42.7. The molecule has 8 atom stereocenters. The van der Waals surface area contributed by atoms with Gasteiger partial charge in [0, 0.05) is 22.7 Å². The molecule has 4 unspecified atom stereocenters. The molecule has 3 rings (SSSR count). The number of carbonyl (C=O) groups is 3. The quantitative estimate of drug-likeness (QED) is 0.346. The lowest BCUT2D eigenvalue weighted by molar-refractivity contribution is -0.143. The Balaban J connectivity index is 2.03. The predicted molar refractivity (Wildman–Crippen MR) is 135 cm³/mol. The van der Waals surface area contributed by atoms with Gasteiger partial charge in [0.2, 0.25) is 17.7 Å². The lowest BCUT2D eigenvalue weighted by Gasteiger charge is -2.38. The smallest absolute Gasteiger partial charge is 0.244 e. The molecule has 0 aliphatic carbocycles. The van der Waals surface area contributed by atoms with Crippen molar-refractivity contribution in [3.8, 4) is 0 Å². The number of thioether (sulfide) groups is 1. The van der Waals surface area contributed by atoms with E-state index in [0.29, 0.717) is 19.4 Å². The van der Waals surface area contributed by atoms with E-state index in [-0.39, 0.29) is 46.4 Å². The molecular formula is C24H40BrN3O4S. The van der Waals surface area contributed by atoms with Crippen molar-refractivity contribution >= 4 is 45.4 Å². The van der Waals surface area contributed by atoms with Gasteiger partial charge in [0.15, 0.2) is 0 Å². The summed E-state index contributed by atoms with van der Waals surface area (Å²) < 4.78 is -0.662. The van der Waals surface area contributed by atoms with E-state index in [1.165, 1.54) is 0 Å². The molecular weight excluding hydrogens is 506 g/mol. The van der Waals surface area contributed by atoms with Crippen LogP contribution in [0.15, 0.2) is 0 Å². The van der Waals surface area contributed by atoms with Crippen molar-refractivity contribution in [1.82, 2.24) is 15.5 Å². The van der Waals surface area contributed by atoms with Crippen LogP contribution in [0.2, 0.25) is 0 Å². The first-order valence-electron chi connectivity index (χ1n) is 12.5. The van der Waals surface area contributed by atoms with E-state index in [1.807, 2.05) is 13.8 Å². The van der Waals surface area contributed by atoms with Crippen molar-refractivity contribution in [1.29, 1.82) is 0 Å². The summed E-state index contributed by atoms with van der Waals surface area (Å²) in [7, 11) is 0. The highest BCUT2D eigenvalue weighted by Gasteiger charge is 2.76. The normalized spacial score (nSPS) is 34.5. The van der Waals surface area contributed by atoms with Gasteiger partial charge in [0.1, 0.15) is 6.04 Å². The predicted octanol–water partition coefficient (Wildman–Crippen LogP) is 2.69. The van der Waals surface area contributed by atoms with Crippen LogP contribution in [0, 0.1) is 17.8 Å². The second-order valence-electron chi connectivity index (χ2n) is 10.4.